The Labute approximate surface area is 88.6 Å². The maximum atomic E-state index is 11.7. The molecule has 1 aromatic rings. The summed E-state index contributed by atoms with van der Waals surface area (Å²) in [5.41, 5.74) is 1.44. The maximum Gasteiger partial charge on any atom is 0.254 e. The third kappa shape index (κ3) is 2.36. The first kappa shape index (κ1) is 10.2. The van der Waals surface area contributed by atoms with E-state index < -0.39 is 0 Å². The second-order valence-electron chi connectivity index (χ2n) is 3.91. The van der Waals surface area contributed by atoms with Crippen LogP contribution in [0.15, 0.2) is 6.20 Å². The molecule has 0 radical (unpaired) electrons. The summed E-state index contributed by atoms with van der Waals surface area (Å²) in [4.78, 5) is 11.7. The van der Waals surface area contributed by atoms with Crippen molar-refractivity contribution in [2.45, 2.75) is 25.8 Å². The molecule has 1 aliphatic heterocycles. The van der Waals surface area contributed by atoms with Crippen LogP contribution >= 0.6 is 0 Å². The fourth-order valence-corrected chi connectivity index (χ4v) is 1.82. The number of nitrogens with zero attached hydrogens (tertiary/aromatic N) is 1. The highest BCUT2D eigenvalue weighted by Gasteiger charge is 2.16. The third-order valence-electron chi connectivity index (χ3n) is 2.75. The molecule has 1 unspecified atom stereocenters. The molecule has 2 rings (SSSR count). The first-order valence-electron chi connectivity index (χ1n) is 5.29. The molecule has 2 heterocycles. The molecule has 0 aromatic carbocycles. The molecule has 0 spiro atoms. The highest BCUT2D eigenvalue weighted by Crippen LogP contribution is 2.05. The highest BCUT2D eigenvalue weighted by atomic mass is 16.1. The van der Waals surface area contributed by atoms with Crippen molar-refractivity contribution >= 4 is 5.91 Å². The van der Waals surface area contributed by atoms with Crippen LogP contribution < -0.4 is 10.6 Å². The van der Waals surface area contributed by atoms with Crippen molar-refractivity contribution in [2.75, 3.05) is 13.1 Å². The van der Waals surface area contributed by atoms with Gasteiger partial charge in [-0.1, -0.05) is 0 Å². The van der Waals surface area contributed by atoms with Crippen molar-refractivity contribution in [3.63, 3.8) is 0 Å². The average molecular weight is 208 g/mol. The summed E-state index contributed by atoms with van der Waals surface area (Å²) in [5, 5.41) is 12.8. The van der Waals surface area contributed by atoms with Crippen molar-refractivity contribution < 1.29 is 4.79 Å². The van der Waals surface area contributed by atoms with E-state index >= 15 is 0 Å². The quantitative estimate of drug-likeness (QED) is 0.664. The molecular weight excluding hydrogens is 192 g/mol. The van der Waals surface area contributed by atoms with Crippen LogP contribution in [0.1, 0.15) is 28.9 Å². The van der Waals surface area contributed by atoms with E-state index in [1.807, 2.05) is 6.92 Å². The predicted molar refractivity (Wildman–Crippen MR) is 56.7 cm³/mol. The Bertz CT molecular complexity index is 341. The largest absolute Gasteiger partial charge is 0.350 e. The van der Waals surface area contributed by atoms with Gasteiger partial charge in [-0.2, -0.15) is 5.10 Å². The molecule has 15 heavy (non-hydrogen) atoms. The first-order valence-corrected chi connectivity index (χ1v) is 5.29. The van der Waals surface area contributed by atoms with Gasteiger partial charge < -0.3 is 10.6 Å². The molecule has 1 saturated heterocycles. The lowest BCUT2D eigenvalue weighted by atomic mass is 10.2. The van der Waals surface area contributed by atoms with Gasteiger partial charge in [-0.05, 0) is 26.3 Å². The van der Waals surface area contributed by atoms with Crippen LogP contribution in [0.25, 0.3) is 0 Å². The zero-order valence-electron chi connectivity index (χ0n) is 8.84. The van der Waals surface area contributed by atoms with Crippen molar-refractivity contribution in [1.82, 2.24) is 20.8 Å². The van der Waals surface area contributed by atoms with Gasteiger partial charge in [-0.3, -0.25) is 9.89 Å². The standard InChI is InChI=1S/C10H16N4O/c1-7-9(6-13-14-7)10(15)12-5-8-3-2-4-11-8/h6,8,11H,2-5H2,1H3,(H,12,15)(H,13,14). The Hall–Kier alpha value is -1.36. The normalized spacial score (nSPS) is 20.5. The molecule has 1 fully saturated rings. The lowest BCUT2D eigenvalue weighted by Gasteiger charge is -2.10. The van der Waals surface area contributed by atoms with Gasteiger partial charge in [0.2, 0.25) is 0 Å². The molecule has 5 heteroatoms. The maximum absolute atomic E-state index is 11.7. The second kappa shape index (κ2) is 4.44. The molecule has 82 valence electrons. The number of aromatic nitrogens is 2. The average Bonchev–Trinajstić information content (AvgIpc) is 2.84. The van der Waals surface area contributed by atoms with Gasteiger partial charge >= 0.3 is 0 Å². The Morgan fingerprint density at radius 2 is 2.60 bits per heavy atom. The molecule has 1 aromatic heterocycles. The number of carbonyl (C=O) groups excluding carboxylic acids is 1. The minimum absolute atomic E-state index is 0.0463. The van der Waals surface area contributed by atoms with Crippen LogP contribution in [0, 0.1) is 6.92 Å². The number of H-pyrrole nitrogens is 1. The fourth-order valence-electron chi connectivity index (χ4n) is 1.82. The number of aryl methyl sites for hydroxylation is 1. The van der Waals surface area contributed by atoms with Crippen LogP contribution in [-0.2, 0) is 0 Å². The summed E-state index contributed by atoms with van der Waals surface area (Å²) in [6, 6.07) is 0.432. The lowest BCUT2D eigenvalue weighted by Crippen LogP contribution is -2.37. The zero-order valence-corrected chi connectivity index (χ0v) is 8.84. The molecule has 3 N–H and O–H groups in total. The molecule has 1 atom stereocenters. The summed E-state index contributed by atoms with van der Waals surface area (Å²) in [6.45, 7) is 3.60. The Balaban J connectivity index is 1.84. The van der Waals surface area contributed by atoms with Crippen LogP contribution in [0.3, 0.4) is 0 Å². The molecule has 1 amide bonds. The van der Waals surface area contributed by atoms with Crippen molar-refractivity contribution in [3.8, 4) is 0 Å². The van der Waals surface area contributed by atoms with E-state index in [1.54, 1.807) is 6.20 Å². The Kier molecular flexibility index (Phi) is 3.01. The van der Waals surface area contributed by atoms with E-state index in [1.165, 1.54) is 6.42 Å². The summed E-state index contributed by atoms with van der Waals surface area (Å²) >= 11 is 0. The van der Waals surface area contributed by atoms with Crippen molar-refractivity contribution in [2.24, 2.45) is 0 Å². The number of rotatable bonds is 3. The topological polar surface area (TPSA) is 69.8 Å². The predicted octanol–water partition coefficient (Wildman–Crippen LogP) is 0.200. The number of carbonyl (C=O) groups is 1. The van der Waals surface area contributed by atoms with E-state index in [2.05, 4.69) is 20.8 Å². The highest BCUT2D eigenvalue weighted by molar-refractivity contribution is 5.94. The van der Waals surface area contributed by atoms with Gasteiger partial charge in [-0.25, -0.2) is 0 Å². The smallest absolute Gasteiger partial charge is 0.254 e. The second-order valence-corrected chi connectivity index (χ2v) is 3.91. The lowest BCUT2D eigenvalue weighted by molar-refractivity contribution is 0.0950. The number of nitrogens with one attached hydrogen (secondary N) is 3. The van der Waals surface area contributed by atoms with E-state index in [0.717, 1.165) is 18.7 Å². The number of aromatic amines is 1. The van der Waals surface area contributed by atoms with Crippen LogP contribution in [-0.4, -0.2) is 35.2 Å². The molecule has 0 saturated carbocycles. The fraction of sp³-hybridized carbons (Fsp3) is 0.600. The molecule has 0 aliphatic carbocycles. The zero-order chi connectivity index (χ0) is 10.7. The van der Waals surface area contributed by atoms with Gasteiger partial charge in [0.15, 0.2) is 0 Å². The first-order chi connectivity index (χ1) is 7.27. The van der Waals surface area contributed by atoms with E-state index in [4.69, 9.17) is 0 Å². The van der Waals surface area contributed by atoms with E-state index in [0.29, 0.717) is 18.2 Å². The number of hydrogen-bond donors (Lipinski definition) is 3. The molecule has 0 bridgehead atoms. The minimum atomic E-state index is -0.0463. The van der Waals surface area contributed by atoms with E-state index in [-0.39, 0.29) is 5.91 Å². The van der Waals surface area contributed by atoms with Gasteiger partial charge in [0.1, 0.15) is 0 Å². The van der Waals surface area contributed by atoms with Crippen LogP contribution in [0.2, 0.25) is 0 Å². The summed E-state index contributed by atoms with van der Waals surface area (Å²) < 4.78 is 0. The van der Waals surface area contributed by atoms with Gasteiger partial charge in [-0.15, -0.1) is 0 Å². The SMILES string of the molecule is Cc1[nH]ncc1C(=O)NCC1CCCN1. The summed E-state index contributed by atoms with van der Waals surface area (Å²) in [7, 11) is 0. The number of amides is 1. The molecule has 5 nitrogen and oxygen atoms in total. The molecular formula is C10H16N4O. The summed E-state index contributed by atoms with van der Waals surface area (Å²) in [5.74, 6) is -0.0463. The Morgan fingerprint density at radius 1 is 1.73 bits per heavy atom. The third-order valence-corrected chi connectivity index (χ3v) is 2.75. The van der Waals surface area contributed by atoms with Gasteiger partial charge in [0.05, 0.1) is 11.8 Å². The monoisotopic (exact) mass is 208 g/mol. The molecule has 1 aliphatic rings. The van der Waals surface area contributed by atoms with Gasteiger partial charge in [0, 0.05) is 18.3 Å². The van der Waals surface area contributed by atoms with Crippen LogP contribution in [0.5, 0.6) is 0 Å². The Morgan fingerprint density at radius 3 is 3.20 bits per heavy atom. The minimum Gasteiger partial charge on any atom is -0.350 e. The van der Waals surface area contributed by atoms with E-state index in [9.17, 15) is 4.79 Å². The number of hydrogen-bond acceptors (Lipinski definition) is 3. The van der Waals surface area contributed by atoms with Crippen molar-refractivity contribution in [3.05, 3.63) is 17.5 Å². The van der Waals surface area contributed by atoms with Crippen molar-refractivity contribution in [1.29, 1.82) is 0 Å². The summed E-state index contributed by atoms with van der Waals surface area (Å²) in [6.07, 6.45) is 3.91. The van der Waals surface area contributed by atoms with Gasteiger partial charge in [0.25, 0.3) is 5.91 Å². The van der Waals surface area contributed by atoms with Crippen LogP contribution in [0.4, 0.5) is 0 Å².